The molecule has 1 aromatic rings. The average Bonchev–Trinajstić information content (AvgIpc) is 2.08. The number of ether oxygens (including phenoxy) is 1. The number of rotatable bonds is 4. The van der Waals surface area contributed by atoms with E-state index in [0.717, 1.165) is 5.56 Å². The Balaban J connectivity index is 2.55. The lowest BCUT2D eigenvalue weighted by molar-refractivity contribution is 0.329. The smallest absolute Gasteiger partial charge is 0.137 e. The summed E-state index contributed by atoms with van der Waals surface area (Å²) in [5.74, 6) is 0.675. The molecule has 0 radical (unpaired) electrons. The van der Waals surface area contributed by atoms with Crippen molar-refractivity contribution in [2.75, 3.05) is 6.61 Å². The van der Waals surface area contributed by atoms with Gasteiger partial charge < -0.3 is 10.5 Å². The van der Waals surface area contributed by atoms with Gasteiger partial charge in [0.2, 0.25) is 0 Å². The Kier molecular flexibility index (Phi) is 4.17. The molecule has 0 saturated carbocycles. The molecule has 76 valence electrons. The Labute approximate surface area is 94.0 Å². The van der Waals surface area contributed by atoms with Crippen LogP contribution in [0, 0.1) is 6.92 Å². The van der Waals surface area contributed by atoms with Crippen LogP contribution in [0.5, 0.6) is 5.75 Å². The van der Waals surface area contributed by atoms with E-state index >= 15 is 0 Å². The van der Waals surface area contributed by atoms with Crippen LogP contribution in [0.3, 0.4) is 0 Å². The quantitative estimate of drug-likeness (QED) is 0.807. The van der Waals surface area contributed by atoms with Gasteiger partial charge in [0.1, 0.15) is 5.75 Å². The maximum atomic E-state index is 5.96. The lowest BCUT2D eigenvalue weighted by atomic mass is 10.2. The van der Waals surface area contributed by atoms with E-state index in [4.69, 9.17) is 34.3 Å². The summed E-state index contributed by atoms with van der Waals surface area (Å²) in [5, 5.41) is 0.618. The van der Waals surface area contributed by atoms with E-state index in [9.17, 15) is 0 Å². The molecule has 0 aromatic heterocycles. The summed E-state index contributed by atoms with van der Waals surface area (Å²) in [6.07, 6.45) is 0.569. The van der Waals surface area contributed by atoms with Gasteiger partial charge in [0, 0.05) is 6.42 Å². The Morgan fingerprint density at radius 3 is 2.86 bits per heavy atom. The molecule has 14 heavy (non-hydrogen) atoms. The molecule has 4 heteroatoms. The highest BCUT2D eigenvalue weighted by atomic mass is 35.5. The first kappa shape index (κ1) is 11.3. The standard InChI is InChI=1S/C10H12ClNOS/c1-7-2-3-9(8(11)6-7)13-5-4-10(12)14/h2-3,6H,4-5H2,1H3,(H2,12,14). The molecule has 2 nitrogen and oxygen atoms in total. The second-order valence-corrected chi connectivity index (χ2v) is 3.93. The summed E-state index contributed by atoms with van der Waals surface area (Å²) in [5.41, 5.74) is 6.45. The molecule has 0 aliphatic rings. The van der Waals surface area contributed by atoms with E-state index in [1.54, 1.807) is 0 Å². The molecule has 0 aliphatic carbocycles. The van der Waals surface area contributed by atoms with Crippen LogP contribution in [-0.4, -0.2) is 11.6 Å². The summed E-state index contributed by atoms with van der Waals surface area (Å²) in [6.45, 7) is 2.45. The number of hydrogen-bond donors (Lipinski definition) is 1. The van der Waals surface area contributed by atoms with Gasteiger partial charge in [-0.3, -0.25) is 0 Å². The van der Waals surface area contributed by atoms with Gasteiger partial charge in [-0.1, -0.05) is 29.9 Å². The van der Waals surface area contributed by atoms with Gasteiger partial charge in [-0.15, -0.1) is 0 Å². The van der Waals surface area contributed by atoms with Gasteiger partial charge in [0.05, 0.1) is 16.6 Å². The van der Waals surface area contributed by atoms with E-state index in [1.807, 2.05) is 25.1 Å². The highest BCUT2D eigenvalue weighted by Gasteiger charge is 2.01. The molecule has 0 bridgehead atoms. The molecule has 2 N–H and O–H groups in total. The average molecular weight is 230 g/mol. The molecule has 0 atom stereocenters. The van der Waals surface area contributed by atoms with Gasteiger partial charge in [-0.05, 0) is 24.6 Å². The van der Waals surface area contributed by atoms with E-state index in [1.165, 1.54) is 0 Å². The van der Waals surface area contributed by atoms with Crippen molar-refractivity contribution < 1.29 is 4.74 Å². The second kappa shape index (κ2) is 5.17. The number of benzene rings is 1. The molecule has 0 fully saturated rings. The zero-order valence-corrected chi connectivity index (χ0v) is 9.49. The van der Waals surface area contributed by atoms with Crippen LogP contribution >= 0.6 is 23.8 Å². The number of nitrogens with two attached hydrogens (primary N) is 1. The lowest BCUT2D eigenvalue weighted by Crippen LogP contribution is -2.12. The summed E-state index contributed by atoms with van der Waals surface area (Å²) < 4.78 is 5.40. The van der Waals surface area contributed by atoms with Gasteiger partial charge in [-0.25, -0.2) is 0 Å². The van der Waals surface area contributed by atoms with E-state index in [2.05, 4.69) is 0 Å². The number of aryl methyl sites for hydroxylation is 1. The van der Waals surface area contributed by atoms with Crippen LogP contribution < -0.4 is 10.5 Å². The molecule has 0 unspecified atom stereocenters. The molecule has 0 aliphatic heterocycles. The van der Waals surface area contributed by atoms with Gasteiger partial charge in [-0.2, -0.15) is 0 Å². The van der Waals surface area contributed by atoms with Crippen molar-refractivity contribution in [3.8, 4) is 5.75 Å². The Morgan fingerprint density at radius 2 is 2.29 bits per heavy atom. The highest BCUT2D eigenvalue weighted by molar-refractivity contribution is 7.80. The largest absolute Gasteiger partial charge is 0.492 e. The van der Waals surface area contributed by atoms with Crippen molar-refractivity contribution in [1.29, 1.82) is 0 Å². The summed E-state index contributed by atoms with van der Waals surface area (Å²) >= 11 is 10.7. The molecule has 0 spiro atoms. The first-order chi connectivity index (χ1) is 6.59. The van der Waals surface area contributed by atoms with Crippen LogP contribution in [0.1, 0.15) is 12.0 Å². The van der Waals surface area contributed by atoms with Crippen molar-refractivity contribution in [3.05, 3.63) is 28.8 Å². The Morgan fingerprint density at radius 1 is 1.57 bits per heavy atom. The van der Waals surface area contributed by atoms with Crippen molar-refractivity contribution in [1.82, 2.24) is 0 Å². The minimum atomic E-state index is 0.452. The third kappa shape index (κ3) is 3.52. The van der Waals surface area contributed by atoms with Crippen molar-refractivity contribution >= 4 is 28.8 Å². The fraction of sp³-hybridized carbons (Fsp3) is 0.300. The van der Waals surface area contributed by atoms with E-state index < -0.39 is 0 Å². The molecule has 0 saturated heterocycles. The minimum absolute atomic E-state index is 0.452. The van der Waals surface area contributed by atoms with Gasteiger partial charge >= 0.3 is 0 Å². The normalized spacial score (nSPS) is 9.86. The number of thiocarbonyl (C=S) groups is 1. The third-order valence-corrected chi connectivity index (χ3v) is 2.19. The molecule has 1 rings (SSSR count). The van der Waals surface area contributed by atoms with Crippen LogP contribution in [0.15, 0.2) is 18.2 Å². The third-order valence-electron chi connectivity index (χ3n) is 1.69. The number of hydrogen-bond acceptors (Lipinski definition) is 2. The SMILES string of the molecule is Cc1ccc(OCCC(N)=S)c(Cl)c1. The van der Waals surface area contributed by atoms with Crippen molar-refractivity contribution in [3.63, 3.8) is 0 Å². The van der Waals surface area contributed by atoms with E-state index in [0.29, 0.717) is 28.8 Å². The van der Waals surface area contributed by atoms with Crippen LogP contribution in [-0.2, 0) is 0 Å². The number of halogens is 1. The zero-order chi connectivity index (χ0) is 10.6. The maximum absolute atomic E-state index is 5.96. The zero-order valence-electron chi connectivity index (χ0n) is 7.92. The van der Waals surface area contributed by atoms with Gasteiger partial charge in [0.25, 0.3) is 0 Å². The van der Waals surface area contributed by atoms with E-state index in [-0.39, 0.29) is 0 Å². The van der Waals surface area contributed by atoms with Crippen molar-refractivity contribution in [2.45, 2.75) is 13.3 Å². The highest BCUT2D eigenvalue weighted by Crippen LogP contribution is 2.25. The minimum Gasteiger partial charge on any atom is -0.492 e. The Hall–Kier alpha value is -0.800. The fourth-order valence-corrected chi connectivity index (χ4v) is 1.36. The second-order valence-electron chi connectivity index (χ2n) is 3.00. The fourth-order valence-electron chi connectivity index (χ4n) is 0.985. The summed E-state index contributed by atoms with van der Waals surface area (Å²) in [4.78, 5) is 0.452. The molecular weight excluding hydrogens is 218 g/mol. The van der Waals surface area contributed by atoms with Crippen LogP contribution in [0.4, 0.5) is 0 Å². The summed E-state index contributed by atoms with van der Waals surface area (Å²) in [7, 11) is 0. The molecule has 1 aromatic carbocycles. The topological polar surface area (TPSA) is 35.2 Å². The van der Waals surface area contributed by atoms with Crippen LogP contribution in [0.2, 0.25) is 5.02 Å². The maximum Gasteiger partial charge on any atom is 0.137 e. The monoisotopic (exact) mass is 229 g/mol. The molecular formula is C10H12ClNOS. The predicted octanol–water partition coefficient (Wildman–Crippen LogP) is 2.70. The summed E-state index contributed by atoms with van der Waals surface area (Å²) in [6, 6.07) is 5.65. The first-order valence-electron chi connectivity index (χ1n) is 4.27. The van der Waals surface area contributed by atoms with Crippen LogP contribution in [0.25, 0.3) is 0 Å². The molecule has 0 amide bonds. The lowest BCUT2D eigenvalue weighted by Gasteiger charge is -2.07. The first-order valence-corrected chi connectivity index (χ1v) is 5.05. The molecule has 0 heterocycles. The predicted molar refractivity (Wildman–Crippen MR) is 63.1 cm³/mol. The van der Waals surface area contributed by atoms with Gasteiger partial charge in [0.15, 0.2) is 0 Å². The Bertz CT molecular complexity index is 341. The van der Waals surface area contributed by atoms with Crippen molar-refractivity contribution in [2.24, 2.45) is 5.73 Å².